The molecule has 0 saturated carbocycles. The fourth-order valence-electron chi connectivity index (χ4n) is 2.44. The molecule has 2 N–H and O–H groups in total. The van der Waals surface area contributed by atoms with Gasteiger partial charge in [0, 0.05) is 0 Å². The smallest absolute Gasteiger partial charge is 0.221 e. The molecule has 0 aliphatic carbocycles. The molecule has 0 saturated heterocycles. The van der Waals surface area contributed by atoms with Crippen molar-refractivity contribution in [1.29, 1.82) is 0 Å². The summed E-state index contributed by atoms with van der Waals surface area (Å²) in [7, 11) is 1.60. The number of nitrogens with zero attached hydrogens (tertiary/aromatic N) is 3. The molecule has 0 aliphatic heterocycles. The highest BCUT2D eigenvalue weighted by Gasteiger charge is 2.06. The van der Waals surface area contributed by atoms with E-state index in [1.165, 1.54) is 4.68 Å². The number of hydrogen-bond donors (Lipinski definition) is 1. The number of para-hydroxylation sites is 1. The van der Waals surface area contributed by atoms with E-state index >= 15 is 0 Å². The molecule has 1 aromatic heterocycles. The van der Waals surface area contributed by atoms with Crippen molar-refractivity contribution in [3.05, 3.63) is 66.0 Å². The summed E-state index contributed by atoms with van der Waals surface area (Å²) in [5, 5.41) is 4.30. The topological polar surface area (TPSA) is 83.9 Å². The van der Waals surface area contributed by atoms with Crippen molar-refractivity contribution in [3.8, 4) is 17.2 Å². The maximum Gasteiger partial charge on any atom is 0.221 e. The third kappa shape index (κ3) is 5.01. The number of hydrogen-bond acceptors (Lipinski definition) is 6. The maximum absolute atomic E-state index is 5.78. The minimum atomic E-state index is 0.342. The van der Waals surface area contributed by atoms with Crippen molar-refractivity contribution in [1.82, 2.24) is 9.66 Å². The van der Waals surface area contributed by atoms with Gasteiger partial charge < -0.3 is 19.9 Å². The van der Waals surface area contributed by atoms with Gasteiger partial charge in [-0.25, -0.2) is 9.66 Å². The Morgan fingerprint density at radius 3 is 2.56 bits per heavy atom. The normalized spacial score (nSPS) is 10.9. The number of imidazole rings is 1. The number of benzene rings is 2. The van der Waals surface area contributed by atoms with Crippen molar-refractivity contribution in [2.24, 2.45) is 5.10 Å². The molecule has 0 spiro atoms. The van der Waals surface area contributed by atoms with E-state index < -0.39 is 0 Å². The van der Waals surface area contributed by atoms with Gasteiger partial charge in [0.2, 0.25) is 5.95 Å². The largest absolute Gasteiger partial charge is 0.493 e. The predicted octanol–water partition coefficient (Wildman–Crippen LogP) is 3.12. The highest BCUT2D eigenvalue weighted by atomic mass is 16.5. The molecule has 0 aliphatic rings. The average molecular weight is 366 g/mol. The Balaban J connectivity index is 1.59. The fourth-order valence-corrected chi connectivity index (χ4v) is 2.44. The molecule has 3 rings (SSSR count). The minimum Gasteiger partial charge on any atom is -0.493 e. The molecule has 0 atom stereocenters. The molecule has 0 amide bonds. The van der Waals surface area contributed by atoms with Crippen molar-refractivity contribution >= 4 is 12.2 Å². The van der Waals surface area contributed by atoms with E-state index in [0.29, 0.717) is 30.7 Å². The Morgan fingerprint density at radius 2 is 1.85 bits per heavy atom. The van der Waals surface area contributed by atoms with Gasteiger partial charge in [-0.1, -0.05) is 18.2 Å². The first-order valence-electron chi connectivity index (χ1n) is 8.50. The van der Waals surface area contributed by atoms with Crippen LogP contribution in [0.15, 0.2) is 59.8 Å². The van der Waals surface area contributed by atoms with Crippen molar-refractivity contribution < 1.29 is 14.2 Å². The molecule has 7 heteroatoms. The van der Waals surface area contributed by atoms with Crippen molar-refractivity contribution in [2.75, 3.05) is 26.1 Å². The van der Waals surface area contributed by atoms with Gasteiger partial charge in [-0.05, 0) is 42.8 Å². The van der Waals surface area contributed by atoms with Gasteiger partial charge in [-0.2, -0.15) is 5.10 Å². The van der Waals surface area contributed by atoms with Crippen LogP contribution in [0.2, 0.25) is 0 Å². The summed E-state index contributed by atoms with van der Waals surface area (Å²) in [6, 6.07) is 15.2. The molecular formula is C20H22N4O3. The lowest BCUT2D eigenvalue weighted by Crippen LogP contribution is -2.09. The van der Waals surface area contributed by atoms with Gasteiger partial charge in [-0.3, -0.25) is 0 Å². The second-order valence-electron chi connectivity index (χ2n) is 5.75. The molecule has 3 aromatic rings. The number of nitrogens with two attached hydrogens (primary N) is 1. The van der Waals surface area contributed by atoms with Crippen LogP contribution in [-0.4, -0.2) is 36.2 Å². The third-order valence-electron chi connectivity index (χ3n) is 3.71. The first-order valence-corrected chi connectivity index (χ1v) is 8.50. The maximum atomic E-state index is 5.78. The summed E-state index contributed by atoms with van der Waals surface area (Å²) in [4.78, 5) is 4.11. The quantitative estimate of drug-likeness (QED) is 0.489. The summed E-state index contributed by atoms with van der Waals surface area (Å²) < 4.78 is 18.3. The molecule has 7 nitrogen and oxygen atoms in total. The lowest BCUT2D eigenvalue weighted by molar-refractivity contribution is 0.211. The first-order chi connectivity index (χ1) is 13.2. The SMILES string of the molecule is COc1cc(C=Nn2cc(C)nc2N)ccc1OCCOc1ccccc1. The molecule has 1 heterocycles. The number of ether oxygens (including phenoxy) is 3. The standard InChI is InChI=1S/C20H22N4O3/c1-15-14-24(20(21)23-15)22-13-16-8-9-18(19(12-16)25-2)27-11-10-26-17-6-4-3-5-7-17/h3-9,12-14H,10-11H2,1-2H3,(H2,21,23). The second kappa shape index (κ2) is 8.75. The lowest BCUT2D eigenvalue weighted by Gasteiger charge is -2.12. The van der Waals surface area contributed by atoms with E-state index in [1.807, 2.05) is 55.5 Å². The molecule has 2 aromatic carbocycles. The monoisotopic (exact) mass is 366 g/mol. The van der Waals surface area contributed by atoms with E-state index in [0.717, 1.165) is 17.0 Å². The first kappa shape index (κ1) is 18.3. The van der Waals surface area contributed by atoms with Crippen LogP contribution < -0.4 is 19.9 Å². The van der Waals surface area contributed by atoms with E-state index in [4.69, 9.17) is 19.9 Å². The molecule has 27 heavy (non-hydrogen) atoms. The average Bonchev–Trinajstić information content (AvgIpc) is 3.02. The molecular weight excluding hydrogens is 344 g/mol. The van der Waals surface area contributed by atoms with Crippen LogP contribution in [0.5, 0.6) is 17.2 Å². The van der Waals surface area contributed by atoms with Crippen LogP contribution in [0.25, 0.3) is 0 Å². The molecule has 0 radical (unpaired) electrons. The van der Waals surface area contributed by atoms with Gasteiger partial charge in [0.25, 0.3) is 0 Å². The Kier molecular flexibility index (Phi) is 5.94. The van der Waals surface area contributed by atoms with E-state index in [1.54, 1.807) is 19.5 Å². The molecule has 0 unspecified atom stereocenters. The van der Waals surface area contributed by atoms with Gasteiger partial charge in [-0.15, -0.1) is 0 Å². The van der Waals surface area contributed by atoms with Crippen LogP contribution >= 0.6 is 0 Å². The zero-order valence-corrected chi connectivity index (χ0v) is 15.3. The Hall–Kier alpha value is -3.48. The van der Waals surface area contributed by atoms with E-state index in [9.17, 15) is 0 Å². The molecule has 0 fully saturated rings. The zero-order valence-electron chi connectivity index (χ0n) is 15.3. The van der Waals surface area contributed by atoms with Crippen LogP contribution in [0.1, 0.15) is 11.3 Å². The Morgan fingerprint density at radius 1 is 1.07 bits per heavy atom. The number of rotatable bonds is 8. The summed E-state index contributed by atoms with van der Waals surface area (Å²) >= 11 is 0. The Bertz CT molecular complexity index is 907. The van der Waals surface area contributed by atoms with Crippen LogP contribution in [0, 0.1) is 6.92 Å². The van der Waals surface area contributed by atoms with Gasteiger partial charge in [0.1, 0.15) is 19.0 Å². The summed E-state index contributed by atoms with van der Waals surface area (Å²) in [6.07, 6.45) is 3.44. The molecule has 0 bridgehead atoms. The summed E-state index contributed by atoms with van der Waals surface area (Å²) in [5.74, 6) is 2.42. The predicted molar refractivity (Wildman–Crippen MR) is 105 cm³/mol. The summed E-state index contributed by atoms with van der Waals surface area (Å²) in [6.45, 7) is 2.71. The highest BCUT2D eigenvalue weighted by molar-refractivity contribution is 5.81. The fraction of sp³-hybridized carbons (Fsp3) is 0.200. The third-order valence-corrected chi connectivity index (χ3v) is 3.71. The van der Waals surface area contributed by atoms with Gasteiger partial charge in [0.05, 0.1) is 25.2 Å². The van der Waals surface area contributed by atoms with Crippen LogP contribution in [0.4, 0.5) is 5.95 Å². The van der Waals surface area contributed by atoms with Gasteiger partial charge in [0.15, 0.2) is 11.5 Å². The lowest BCUT2D eigenvalue weighted by atomic mass is 10.2. The number of nitrogen functional groups attached to an aromatic ring is 1. The van der Waals surface area contributed by atoms with E-state index in [-0.39, 0.29) is 0 Å². The zero-order chi connectivity index (χ0) is 19.1. The number of anilines is 1. The van der Waals surface area contributed by atoms with Gasteiger partial charge >= 0.3 is 0 Å². The summed E-state index contributed by atoms with van der Waals surface area (Å²) in [5.41, 5.74) is 7.44. The van der Waals surface area contributed by atoms with Crippen LogP contribution in [-0.2, 0) is 0 Å². The van der Waals surface area contributed by atoms with Crippen molar-refractivity contribution in [3.63, 3.8) is 0 Å². The highest BCUT2D eigenvalue weighted by Crippen LogP contribution is 2.27. The number of aromatic nitrogens is 2. The number of aryl methyl sites for hydroxylation is 1. The van der Waals surface area contributed by atoms with Crippen LogP contribution in [0.3, 0.4) is 0 Å². The minimum absolute atomic E-state index is 0.342. The van der Waals surface area contributed by atoms with Crippen molar-refractivity contribution in [2.45, 2.75) is 6.92 Å². The Labute approximate surface area is 158 Å². The second-order valence-corrected chi connectivity index (χ2v) is 5.75. The van der Waals surface area contributed by atoms with E-state index in [2.05, 4.69) is 10.1 Å². The number of methoxy groups -OCH3 is 1. The molecule has 140 valence electrons.